The van der Waals surface area contributed by atoms with Gasteiger partial charge in [0.2, 0.25) is 5.91 Å². The summed E-state index contributed by atoms with van der Waals surface area (Å²) >= 11 is 0. The second-order valence-corrected chi connectivity index (χ2v) is 9.45. The lowest BCUT2D eigenvalue weighted by molar-refractivity contribution is -0.116. The van der Waals surface area contributed by atoms with Gasteiger partial charge in [0.05, 0.1) is 16.7 Å². The van der Waals surface area contributed by atoms with Gasteiger partial charge in [-0.3, -0.25) is 4.79 Å². The van der Waals surface area contributed by atoms with Gasteiger partial charge in [0.1, 0.15) is 29.7 Å². The van der Waals surface area contributed by atoms with Crippen LogP contribution in [0.2, 0.25) is 0 Å². The summed E-state index contributed by atoms with van der Waals surface area (Å²) in [5, 5.41) is 2.72. The van der Waals surface area contributed by atoms with E-state index in [4.69, 9.17) is 9.72 Å². The summed E-state index contributed by atoms with van der Waals surface area (Å²) in [5.74, 6) is 0.890. The molecule has 6 rings (SSSR count). The van der Waals surface area contributed by atoms with Gasteiger partial charge >= 0.3 is 0 Å². The molecule has 1 amide bonds. The van der Waals surface area contributed by atoms with Gasteiger partial charge < -0.3 is 14.6 Å². The van der Waals surface area contributed by atoms with Crippen LogP contribution in [0.15, 0.2) is 127 Å². The summed E-state index contributed by atoms with van der Waals surface area (Å²) in [6.45, 7) is -0.00580. The van der Waals surface area contributed by atoms with Gasteiger partial charge in [-0.1, -0.05) is 84.9 Å². The predicted octanol–water partition coefficient (Wildman–Crippen LogP) is 7.86. The first kappa shape index (κ1) is 25.1. The highest BCUT2D eigenvalue weighted by atomic mass is 19.1. The Hall–Kier alpha value is -5.23. The number of hydrogen-bond acceptors (Lipinski definition) is 3. The molecule has 0 atom stereocenters. The lowest BCUT2D eigenvalue weighted by Gasteiger charge is -2.12. The fraction of sp³-hybridized carbons (Fsp3) is 0.0588. The van der Waals surface area contributed by atoms with Crippen LogP contribution in [0.25, 0.3) is 22.2 Å². The smallest absolute Gasteiger partial charge is 0.244 e. The minimum Gasteiger partial charge on any atom is -0.457 e. The third-order valence-corrected chi connectivity index (χ3v) is 6.65. The van der Waals surface area contributed by atoms with Crippen LogP contribution < -0.4 is 10.1 Å². The summed E-state index contributed by atoms with van der Waals surface area (Å²) < 4.78 is 22.6. The summed E-state index contributed by atoms with van der Waals surface area (Å²) in [4.78, 5) is 17.9. The van der Waals surface area contributed by atoms with E-state index in [0.29, 0.717) is 17.9 Å². The number of para-hydroxylation sites is 2. The first-order chi connectivity index (χ1) is 19.6. The molecule has 0 bridgehead atoms. The monoisotopic (exact) mass is 527 g/mol. The number of imidazole rings is 1. The van der Waals surface area contributed by atoms with E-state index in [1.54, 1.807) is 0 Å². The van der Waals surface area contributed by atoms with Gasteiger partial charge in [-0.05, 0) is 53.1 Å². The van der Waals surface area contributed by atoms with Crippen molar-refractivity contribution in [2.45, 2.75) is 13.0 Å². The zero-order chi connectivity index (χ0) is 27.3. The van der Waals surface area contributed by atoms with E-state index in [2.05, 4.69) is 5.32 Å². The van der Waals surface area contributed by atoms with E-state index in [1.807, 2.05) is 114 Å². The van der Waals surface area contributed by atoms with Gasteiger partial charge in [0, 0.05) is 12.5 Å². The number of benzene rings is 5. The Labute approximate surface area is 231 Å². The quantitative estimate of drug-likeness (QED) is 0.219. The molecule has 196 valence electrons. The lowest BCUT2D eigenvalue weighted by Crippen LogP contribution is -2.21. The Morgan fingerprint density at radius 1 is 0.750 bits per heavy atom. The molecule has 0 radical (unpaired) electrons. The summed E-state index contributed by atoms with van der Waals surface area (Å²) in [6, 6.07) is 39.7. The molecule has 0 unspecified atom stereocenters. The Balaban J connectivity index is 1.19. The summed E-state index contributed by atoms with van der Waals surface area (Å²) in [7, 11) is 0. The summed E-state index contributed by atoms with van der Waals surface area (Å²) in [5.41, 5.74) is 4.97. The van der Waals surface area contributed by atoms with Crippen molar-refractivity contribution < 1.29 is 13.9 Å². The maximum absolute atomic E-state index is 14.7. The molecule has 0 spiro atoms. The summed E-state index contributed by atoms with van der Waals surface area (Å²) in [6.07, 6.45) is 0.573. The molecular formula is C34H26FN3O2. The molecule has 0 aliphatic carbocycles. The van der Waals surface area contributed by atoms with Crippen molar-refractivity contribution in [2.24, 2.45) is 0 Å². The zero-order valence-electron chi connectivity index (χ0n) is 21.6. The SMILES string of the molecule is O=C(Cn1c(Cc2ccccc2)nc2ccccc21)Nc1cc(Oc2ccc(-c3ccccc3)cc2)ccc1F. The van der Waals surface area contributed by atoms with Gasteiger partial charge in [-0.25, -0.2) is 9.37 Å². The highest BCUT2D eigenvalue weighted by molar-refractivity contribution is 5.92. The Morgan fingerprint density at radius 2 is 1.40 bits per heavy atom. The van der Waals surface area contributed by atoms with Crippen molar-refractivity contribution in [1.29, 1.82) is 0 Å². The van der Waals surface area contributed by atoms with Crippen LogP contribution >= 0.6 is 0 Å². The zero-order valence-corrected chi connectivity index (χ0v) is 21.6. The number of halogens is 1. The maximum atomic E-state index is 14.7. The van der Waals surface area contributed by atoms with Crippen molar-refractivity contribution in [2.75, 3.05) is 5.32 Å². The third kappa shape index (κ3) is 5.61. The van der Waals surface area contributed by atoms with Gasteiger partial charge in [-0.2, -0.15) is 0 Å². The molecule has 0 aliphatic heterocycles. The molecule has 0 fully saturated rings. The fourth-order valence-electron chi connectivity index (χ4n) is 4.69. The maximum Gasteiger partial charge on any atom is 0.244 e. The van der Waals surface area contributed by atoms with Crippen molar-refractivity contribution in [3.05, 3.63) is 145 Å². The predicted molar refractivity (Wildman–Crippen MR) is 156 cm³/mol. The van der Waals surface area contributed by atoms with Gasteiger partial charge in [0.25, 0.3) is 0 Å². The lowest BCUT2D eigenvalue weighted by atomic mass is 10.1. The molecule has 1 heterocycles. The number of nitrogens with zero attached hydrogens (tertiary/aromatic N) is 2. The molecule has 1 aromatic heterocycles. The van der Waals surface area contributed by atoms with Crippen LogP contribution in [-0.2, 0) is 17.8 Å². The second-order valence-electron chi connectivity index (χ2n) is 9.45. The van der Waals surface area contributed by atoms with Gasteiger partial charge in [0.15, 0.2) is 0 Å². The molecule has 5 aromatic carbocycles. The van der Waals surface area contributed by atoms with Crippen molar-refractivity contribution in [3.8, 4) is 22.6 Å². The van der Waals surface area contributed by atoms with Gasteiger partial charge in [-0.15, -0.1) is 0 Å². The molecule has 0 saturated carbocycles. The van der Waals surface area contributed by atoms with E-state index in [9.17, 15) is 9.18 Å². The van der Waals surface area contributed by atoms with Crippen LogP contribution in [0.1, 0.15) is 11.4 Å². The molecule has 0 aliphatic rings. The van der Waals surface area contributed by atoms with Crippen molar-refractivity contribution in [3.63, 3.8) is 0 Å². The van der Waals surface area contributed by atoms with Crippen LogP contribution in [0, 0.1) is 5.82 Å². The van der Waals surface area contributed by atoms with E-state index < -0.39 is 5.82 Å². The van der Waals surface area contributed by atoms with E-state index in [1.165, 1.54) is 18.2 Å². The number of fused-ring (bicyclic) bond motifs is 1. The number of rotatable bonds is 8. The Morgan fingerprint density at radius 3 is 2.17 bits per heavy atom. The molecule has 6 heteroatoms. The third-order valence-electron chi connectivity index (χ3n) is 6.65. The van der Waals surface area contributed by atoms with E-state index in [-0.39, 0.29) is 18.1 Å². The van der Waals surface area contributed by atoms with Crippen molar-refractivity contribution >= 4 is 22.6 Å². The molecule has 5 nitrogen and oxygen atoms in total. The number of ether oxygens (including phenoxy) is 1. The molecular weight excluding hydrogens is 501 g/mol. The number of aromatic nitrogens is 2. The Kier molecular flexibility index (Phi) is 7.05. The number of hydrogen-bond donors (Lipinski definition) is 1. The standard InChI is InChI=1S/C34H26FN3O2/c35-29-20-19-28(40-27-17-15-26(16-18-27)25-11-5-2-6-12-25)22-31(29)37-34(39)23-38-32-14-8-7-13-30(32)36-33(38)21-24-9-3-1-4-10-24/h1-20,22H,21,23H2,(H,37,39). The number of anilines is 1. The van der Waals surface area contributed by atoms with Crippen molar-refractivity contribution in [1.82, 2.24) is 9.55 Å². The topological polar surface area (TPSA) is 56.2 Å². The minimum absolute atomic E-state index is 0.00580. The molecule has 1 N–H and O–H groups in total. The van der Waals surface area contributed by atoms with E-state index >= 15 is 0 Å². The largest absolute Gasteiger partial charge is 0.457 e. The minimum atomic E-state index is -0.542. The van der Waals surface area contributed by atoms with Crippen LogP contribution in [0.5, 0.6) is 11.5 Å². The number of amides is 1. The molecule has 6 aromatic rings. The highest BCUT2D eigenvalue weighted by Gasteiger charge is 2.16. The van der Waals surface area contributed by atoms with Crippen LogP contribution in [0.3, 0.4) is 0 Å². The van der Waals surface area contributed by atoms with E-state index in [0.717, 1.165) is 33.5 Å². The number of carbonyl (C=O) groups excluding carboxylic acids is 1. The number of carbonyl (C=O) groups is 1. The van der Waals surface area contributed by atoms with Crippen LogP contribution in [0.4, 0.5) is 10.1 Å². The number of nitrogens with one attached hydrogen (secondary N) is 1. The fourth-order valence-corrected chi connectivity index (χ4v) is 4.69. The first-order valence-electron chi connectivity index (χ1n) is 13.0. The highest BCUT2D eigenvalue weighted by Crippen LogP contribution is 2.29. The van der Waals surface area contributed by atoms with Crippen LogP contribution in [-0.4, -0.2) is 15.5 Å². The first-order valence-corrected chi connectivity index (χ1v) is 13.0. The average Bonchev–Trinajstić information content (AvgIpc) is 3.32. The normalized spacial score (nSPS) is 10.9. The molecule has 0 saturated heterocycles. The average molecular weight is 528 g/mol. The molecule has 40 heavy (non-hydrogen) atoms. The Bertz CT molecular complexity index is 1760. The second kappa shape index (κ2) is 11.3.